The molecule has 1 aliphatic carbocycles. The third kappa shape index (κ3) is 4.80. The molecule has 0 heterocycles. The zero-order valence-corrected chi connectivity index (χ0v) is 14.6. The van der Waals surface area contributed by atoms with Crippen molar-refractivity contribution < 1.29 is 4.79 Å². The van der Waals surface area contributed by atoms with E-state index in [0.717, 1.165) is 19.4 Å². The summed E-state index contributed by atoms with van der Waals surface area (Å²) in [4.78, 5) is 14.2. The highest BCUT2D eigenvalue weighted by molar-refractivity contribution is 5.79. The molecule has 1 atom stereocenters. The number of amides is 1. The van der Waals surface area contributed by atoms with Crippen molar-refractivity contribution in [2.75, 3.05) is 13.6 Å². The van der Waals surface area contributed by atoms with E-state index in [1.807, 2.05) is 18.9 Å². The van der Waals surface area contributed by atoms with Gasteiger partial charge in [0.25, 0.3) is 0 Å². The minimum Gasteiger partial charge on any atom is -0.337 e. The van der Waals surface area contributed by atoms with E-state index < -0.39 is 5.54 Å². The first-order valence-electron chi connectivity index (χ1n) is 8.33. The largest absolute Gasteiger partial charge is 0.337 e. The zero-order chi connectivity index (χ0) is 17.0. The lowest BCUT2D eigenvalue weighted by Gasteiger charge is -2.25. The Labute approximate surface area is 139 Å². The Balaban J connectivity index is 1.85. The van der Waals surface area contributed by atoms with Crippen LogP contribution < -0.4 is 5.32 Å². The number of nitriles is 1. The molecule has 2 rings (SSSR count). The maximum absolute atomic E-state index is 12.2. The highest BCUT2D eigenvalue weighted by atomic mass is 16.2. The minimum atomic E-state index is -0.711. The summed E-state index contributed by atoms with van der Waals surface area (Å²) in [5.41, 5.74) is 1.80. The van der Waals surface area contributed by atoms with E-state index in [4.69, 9.17) is 0 Å². The number of nitrogens with one attached hydrogen (secondary N) is 1. The molecule has 124 valence electrons. The highest BCUT2D eigenvalue weighted by Gasteiger charge is 2.42. The predicted octanol–water partition coefficient (Wildman–Crippen LogP) is 3.05. The third-order valence-corrected chi connectivity index (χ3v) is 4.54. The van der Waals surface area contributed by atoms with Crippen LogP contribution in [0.15, 0.2) is 24.3 Å². The van der Waals surface area contributed by atoms with E-state index >= 15 is 0 Å². The lowest BCUT2D eigenvalue weighted by molar-refractivity contribution is -0.123. The number of benzene rings is 1. The van der Waals surface area contributed by atoms with E-state index in [2.05, 4.69) is 49.5 Å². The minimum absolute atomic E-state index is 0.0812. The summed E-state index contributed by atoms with van der Waals surface area (Å²) in [6, 6.07) is 10.8. The fourth-order valence-corrected chi connectivity index (χ4v) is 2.83. The second-order valence-electron chi connectivity index (χ2n) is 7.21. The first kappa shape index (κ1) is 17.5. The first-order valence-corrected chi connectivity index (χ1v) is 8.33. The van der Waals surface area contributed by atoms with Gasteiger partial charge in [0.15, 0.2) is 0 Å². The molecule has 0 spiro atoms. The van der Waals surface area contributed by atoms with Gasteiger partial charge in [-0.1, -0.05) is 38.1 Å². The van der Waals surface area contributed by atoms with Crippen molar-refractivity contribution in [3.05, 3.63) is 35.4 Å². The summed E-state index contributed by atoms with van der Waals surface area (Å²) >= 11 is 0. The Morgan fingerprint density at radius 1 is 1.39 bits per heavy atom. The molecular weight excluding hydrogens is 286 g/mol. The average Bonchev–Trinajstić information content (AvgIpc) is 3.32. The SMILES string of the molecule is CC(C)c1ccc(CN(C)CC(=O)N[C@@](C)(C#N)C2CC2)cc1. The Morgan fingerprint density at radius 3 is 2.48 bits per heavy atom. The van der Waals surface area contributed by atoms with Crippen molar-refractivity contribution in [1.29, 1.82) is 5.26 Å². The number of carbonyl (C=O) groups is 1. The third-order valence-electron chi connectivity index (χ3n) is 4.54. The number of nitrogens with zero attached hydrogens (tertiary/aromatic N) is 2. The van der Waals surface area contributed by atoms with Gasteiger partial charge in [0.1, 0.15) is 5.54 Å². The van der Waals surface area contributed by atoms with Crippen molar-refractivity contribution in [2.24, 2.45) is 5.92 Å². The standard InChI is InChI=1S/C19H27N3O/c1-14(2)16-7-5-15(6-8-16)11-22(4)12-18(23)21-19(3,13-20)17-9-10-17/h5-8,14,17H,9-12H2,1-4H3,(H,21,23)/t19-/m0/s1. The molecule has 0 radical (unpaired) electrons. The van der Waals surface area contributed by atoms with Gasteiger partial charge in [-0.05, 0) is 49.8 Å². The Kier molecular flexibility index (Phi) is 5.43. The summed E-state index contributed by atoms with van der Waals surface area (Å²) in [5.74, 6) is 0.756. The average molecular weight is 313 g/mol. The van der Waals surface area contributed by atoms with Crippen LogP contribution in [0.4, 0.5) is 0 Å². The van der Waals surface area contributed by atoms with Crippen LogP contribution in [0.1, 0.15) is 50.7 Å². The summed E-state index contributed by atoms with van der Waals surface area (Å²) in [6.45, 7) is 7.21. The predicted molar refractivity (Wildman–Crippen MR) is 91.7 cm³/mol. The molecular formula is C19H27N3O. The highest BCUT2D eigenvalue weighted by Crippen LogP contribution is 2.39. The lowest BCUT2D eigenvalue weighted by atomic mass is 9.98. The van der Waals surface area contributed by atoms with Crippen LogP contribution in [-0.2, 0) is 11.3 Å². The maximum Gasteiger partial charge on any atom is 0.235 e. The molecule has 23 heavy (non-hydrogen) atoms. The molecule has 0 aromatic heterocycles. The van der Waals surface area contributed by atoms with E-state index in [0.29, 0.717) is 18.4 Å². The lowest BCUT2D eigenvalue weighted by Crippen LogP contribution is -2.49. The van der Waals surface area contributed by atoms with Crippen molar-refractivity contribution in [3.63, 3.8) is 0 Å². The fraction of sp³-hybridized carbons (Fsp3) is 0.579. The van der Waals surface area contributed by atoms with Gasteiger partial charge in [-0.2, -0.15) is 5.26 Å². The molecule has 1 amide bonds. The number of carbonyl (C=O) groups excluding carboxylic acids is 1. The van der Waals surface area contributed by atoms with Gasteiger partial charge in [0.05, 0.1) is 12.6 Å². The molecule has 4 heteroatoms. The van der Waals surface area contributed by atoms with Crippen molar-refractivity contribution >= 4 is 5.91 Å². The van der Waals surface area contributed by atoms with Crippen LogP contribution in [0.2, 0.25) is 0 Å². The first-order chi connectivity index (χ1) is 10.8. The van der Waals surface area contributed by atoms with Crippen molar-refractivity contribution in [3.8, 4) is 6.07 Å². The molecule has 1 saturated carbocycles. The van der Waals surface area contributed by atoms with Crippen molar-refractivity contribution in [1.82, 2.24) is 10.2 Å². The number of rotatable bonds is 7. The van der Waals surface area contributed by atoms with E-state index in [1.165, 1.54) is 11.1 Å². The van der Waals surface area contributed by atoms with Crippen LogP contribution in [0, 0.1) is 17.2 Å². The van der Waals surface area contributed by atoms with Gasteiger partial charge in [-0.25, -0.2) is 0 Å². The summed E-state index contributed by atoms with van der Waals surface area (Å²) in [7, 11) is 1.93. The molecule has 1 fully saturated rings. The monoisotopic (exact) mass is 313 g/mol. The van der Waals surface area contributed by atoms with Gasteiger partial charge >= 0.3 is 0 Å². The van der Waals surface area contributed by atoms with Crippen LogP contribution in [0.5, 0.6) is 0 Å². The number of likely N-dealkylation sites (N-methyl/N-ethyl adjacent to an activating group) is 1. The number of hydrogen-bond acceptors (Lipinski definition) is 3. The normalized spacial score (nSPS) is 16.9. The van der Waals surface area contributed by atoms with Gasteiger partial charge in [0.2, 0.25) is 5.91 Å². The molecule has 0 bridgehead atoms. The Morgan fingerprint density at radius 2 is 2.00 bits per heavy atom. The van der Waals surface area contributed by atoms with Crippen LogP contribution in [0.3, 0.4) is 0 Å². The molecule has 0 aliphatic heterocycles. The fourth-order valence-electron chi connectivity index (χ4n) is 2.83. The quantitative estimate of drug-likeness (QED) is 0.842. The van der Waals surface area contributed by atoms with Crippen LogP contribution >= 0.6 is 0 Å². The molecule has 1 aliphatic rings. The van der Waals surface area contributed by atoms with Crippen molar-refractivity contribution in [2.45, 2.75) is 51.6 Å². The molecule has 1 N–H and O–H groups in total. The summed E-state index contributed by atoms with van der Waals surface area (Å²) < 4.78 is 0. The topological polar surface area (TPSA) is 56.1 Å². The summed E-state index contributed by atoms with van der Waals surface area (Å²) in [5, 5.41) is 12.2. The van der Waals surface area contributed by atoms with Gasteiger partial charge in [-0.15, -0.1) is 0 Å². The molecule has 1 aromatic rings. The number of hydrogen-bond donors (Lipinski definition) is 1. The Hall–Kier alpha value is -1.86. The smallest absolute Gasteiger partial charge is 0.235 e. The van der Waals surface area contributed by atoms with Crippen LogP contribution in [-0.4, -0.2) is 29.9 Å². The van der Waals surface area contributed by atoms with Gasteiger partial charge < -0.3 is 5.32 Å². The zero-order valence-electron chi connectivity index (χ0n) is 14.6. The second-order valence-corrected chi connectivity index (χ2v) is 7.21. The maximum atomic E-state index is 12.2. The Bertz CT molecular complexity index is 584. The van der Waals surface area contributed by atoms with Gasteiger partial charge in [0, 0.05) is 6.54 Å². The molecule has 1 aromatic carbocycles. The molecule has 0 saturated heterocycles. The van der Waals surface area contributed by atoms with E-state index in [1.54, 1.807) is 0 Å². The van der Waals surface area contributed by atoms with Crippen LogP contribution in [0.25, 0.3) is 0 Å². The molecule has 4 nitrogen and oxygen atoms in total. The van der Waals surface area contributed by atoms with E-state index in [-0.39, 0.29) is 5.91 Å². The van der Waals surface area contributed by atoms with E-state index in [9.17, 15) is 10.1 Å². The molecule has 0 unspecified atom stereocenters. The van der Waals surface area contributed by atoms with Gasteiger partial charge in [-0.3, -0.25) is 9.69 Å². The second kappa shape index (κ2) is 7.14. The summed E-state index contributed by atoms with van der Waals surface area (Å²) in [6.07, 6.45) is 2.06.